The van der Waals surface area contributed by atoms with Gasteiger partial charge in [0, 0.05) is 12.1 Å². The van der Waals surface area contributed by atoms with Crippen LogP contribution in [0.15, 0.2) is 66.7 Å². The van der Waals surface area contributed by atoms with Crippen molar-refractivity contribution in [1.29, 1.82) is 0 Å². The fourth-order valence-electron chi connectivity index (χ4n) is 6.21. The van der Waals surface area contributed by atoms with Crippen LogP contribution in [0.5, 0.6) is 40.2 Å². The second kappa shape index (κ2) is 12.5. The van der Waals surface area contributed by atoms with E-state index in [9.17, 15) is 10.2 Å². The quantitative estimate of drug-likeness (QED) is 0.197. The van der Waals surface area contributed by atoms with E-state index in [-0.39, 0.29) is 23.6 Å². The Labute approximate surface area is 252 Å². The molecule has 2 aliphatic heterocycles. The lowest BCUT2D eigenvalue weighted by Gasteiger charge is -2.28. The first kappa shape index (κ1) is 28.7. The summed E-state index contributed by atoms with van der Waals surface area (Å²) in [6.45, 7) is 1.74. The van der Waals surface area contributed by atoms with E-state index in [1.165, 1.54) is 22.3 Å². The van der Waals surface area contributed by atoms with Gasteiger partial charge in [-0.2, -0.15) is 0 Å². The third-order valence-electron chi connectivity index (χ3n) is 8.46. The zero-order valence-electron chi connectivity index (χ0n) is 24.8. The van der Waals surface area contributed by atoms with Crippen molar-refractivity contribution >= 4 is 0 Å². The van der Waals surface area contributed by atoms with Gasteiger partial charge in [0.05, 0.1) is 21.3 Å². The molecular formula is C35H38N2O6. The number of hydrogen-bond acceptors (Lipinski definition) is 8. The zero-order chi connectivity index (χ0) is 29.9. The molecule has 0 amide bonds. The molecule has 8 nitrogen and oxygen atoms in total. The van der Waals surface area contributed by atoms with Crippen molar-refractivity contribution < 1.29 is 29.2 Å². The Morgan fingerprint density at radius 3 is 1.81 bits per heavy atom. The summed E-state index contributed by atoms with van der Waals surface area (Å²) in [6.07, 6.45) is 3.32. The summed E-state index contributed by atoms with van der Waals surface area (Å²) >= 11 is 0. The van der Waals surface area contributed by atoms with E-state index in [2.05, 4.69) is 34.9 Å². The lowest BCUT2D eigenvalue weighted by atomic mass is 9.89. The second-order valence-corrected chi connectivity index (χ2v) is 11.1. The first-order valence-corrected chi connectivity index (χ1v) is 14.7. The molecule has 0 radical (unpaired) electrons. The molecule has 4 aromatic rings. The van der Waals surface area contributed by atoms with E-state index in [0.717, 1.165) is 55.0 Å². The maximum atomic E-state index is 10.6. The minimum atomic E-state index is 0.0248. The highest BCUT2D eigenvalue weighted by Gasteiger charge is 2.24. The van der Waals surface area contributed by atoms with Crippen LogP contribution in [-0.4, -0.2) is 44.6 Å². The van der Waals surface area contributed by atoms with Gasteiger partial charge in [-0.25, -0.2) is 0 Å². The third kappa shape index (κ3) is 6.07. The molecule has 224 valence electrons. The van der Waals surface area contributed by atoms with Gasteiger partial charge in [-0.3, -0.25) is 0 Å². The summed E-state index contributed by atoms with van der Waals surface area (Å²) in [6, 6.07) is 21.5. The zero-order valence-corrected chi connectivity index (χ0v) is 24.8. The van der Waals surface area contributed by atoms with Gasteiger partial charge in [0.15, 0.2) is 34.5 Å². The number of hydrogen-bond donors (Lipinski definition) is 4. The Morgan fingerprint density at radius 2 is 1.16 bits per heavy atom. The van der Waals surface area contributed by atoms with Crippen molar-refractivity contribution in [2.24, 2.45) is 0 Å². The van der Waals surface area contributed by atoms with Crippen LogP contribution in [0, 0.1) is 0 Å². The second-order valence-electron chi connectivity index (χ2n) is 11.1. The summed E-state index contributed by atoms with van der Waals surface area (Å²) in [5, 5.41) is 28.2. The number of aromatic hydroxyl groups is 2. The van der Waals surface area contributed by atoms with Crippen molar-refractivity contribution in [3.63, 3.8) is 0 Å². The van der Waals surface area contributed by atoms with E-state index < -0.39 is 0 Å². The molecule has 0 spiro atoms. The highest BCUT2D eigenvalue weighted by Crippen LogP contribution is 2.39. The molecule has 43 heavy (non-hydrogen) atoms. The molecule has 0 bridgehead atoms. The fraction of sp³-hybridized carbons (Fsp3) is 0.314. The minimum Gasteiger partial charge on any atom is -0.504 e. The summed E-state index contributed by atoms with van der Waals surface area (Å²) < 4.78 is 22.5. The van der Waals surface area contributed by atoms with E-state index >= 15 is 0 Å². The van der Waals surface area contributed by atoms with Gasteiger partial charge in [-0.05, 0) is 121 Å². The van der Waals surface area contributed by atoms with E-state index in [1.54, 1.807) is 33.5 Å². The number of ether oxygens (including phenoxy) is 4. The predicted molar refractivity (Wildman–Crippen MR) is 165 cm³/mol. The monoisotopic (exact) mass is 582 g/mol. The number of nitrogens with one attached hydrogen (secondary N) is 2. The fourth-order valence-corrected chi connectivity index (χ4v) is 6.21. The molecule has 6 rings (SSSR count). The van der Waals surface area contributed by atoms with Gasteiger partial charge >= 0.3 is 0 Å². The smallest absolute Gasteiger partial charge is 0.169 e. The molecular weight excluding hydrogens is 544 g/mol. The van der Waals surface area contributed by atoms with Crippen LogP contribution in [0.4, 0.5) is 0 Å². The number of phenols is 2. The van der Waals surface area contributed by atoms with Gasteiger partial charge in [0.1, 0.15) is 5.75 Å². The molecule has 0 aliphatic carbocycles. The van der Waals surface area contributed by atoms with Gasteiger partial charge in [-0.1, -0.05) is 18.2 Å². The summed E-state index contributed by atoms with van der Waals surface area (Å²) in [5.41, 5.74) is 6.92. The maximum Gasteiger partial charge on any atom is 0.169 e. The van der Waals surface area contributed by atoms with Crippen molar-refractivity contribution in [3.05, 3.63) is 100 Å². The predicted octanol–water partition coefficient (Wildman–Crippen LogP) is 5.77. The van der Waals surface area contributed by atoms with E-state index in [4.69, 9.17) is 18.9 Å². The molecule has 2 aliphatic rings. The minimum absolute atomic E-state index is 0.0248. The van der Waals surface area contributed by atoms with Gasteiger partial charge in [-0.15, -0.1) is 0 Å². The average Bonchev–Trinajstić information content (AvgIpc) is 3.03. The Balaban J connectivity index is 1.15. The van der Waals surface area contributed by atoms with Crippen LogP contribution >= 0.6 is 0 Å². The highest BCUT2D eigenvalue weighted by atomic mass is 16.5. The molecule has 0 fully saturated rings. The molecule has 2 atom stereocenters. The van der Waals surface area contributed by atoms with E-state index in [0.29, 0.717) is 23.7 Å². The Bertz CT molecular complexity index is 1600. The van der Waals surface area contributed by atoms with Crippen molar-refractivity contribution in [2.45, 2.75) is 37.8 Å². The number of phenolic OH excluding ortho intramolecular Hbond substituents is 2. The highest BCUT2D eigenvalue weighted by molar-refractivity contribution is 5.51. The lowest BCUT2D eigenvalue weighted by molar-refractivity contribution is 0.352. The molecule has 0 unspecified atom stereocenters. The summed E-state index contributed by atoms with van der Waals surface area (Å²) in [5.74, 6) is 3.27. The van der Waals surface area contributed by atoms with Crippen LogP contribution in [0.3, 0.4) is 0 Å². The summed E-state index contributed by atoms with van der Waals surface area (Å²) in [7, 11) is 4.89. The number of rotatable bonds is 9. The first-order chi connectivity index (χ1) is 20.9. The van der Waals surface area contributed by atoms with Gasteiger partial charge < -0.3 is 39.8 Å². The molecule has 0 saturated carbocycles. The van der Waals surface area contributed by atoms with Crippen LogP contribution < -0.4 is 29.6 Å². The van der Waals surface area contributed by atoms with Crippen LogP contribution in [0.2, 0.25) is 0 Å². The average molecular weight is 583 g/mol. The van der Waals surface area contributed by atoms with E-state index in [1.807, 2.05) is 30.3 Å². The Kier molecular flexibility index (Phi) is 8.31. The van der Waals surface area contributed by atoms with Crippen molar-refractivity contribution in [1.82, 2.24) is 10.6 Å². The topological polar surface area (TPSA) is 101 Å². The van der Waals surface area contributed by atoms with Crippen molar-refractivity contribution in [3.8, 4) is 40.2 Å². The first-order valence-electron chi connectivity index (χ1n) is 14.7. The van der Waals surface area contributed by atoms with Gasteiger partial charge in [0.25, 0.3) is 0 Å². The van der Waals surface area contributed by atoms with Crippen LogP contribution in [0.25, 0.3) is 0 Å². The molecule has 0 saturated heterocycles. The molecule has 0 aromatic heterocycles. The molecule has 2 heterocycles. The Hall–Kier alpha value is -4.40. The molecule has 4 N–H and O–H groups in total. The third-order valence-corrected chi connectivity index (χ3v) is 8.46. The normalized spacial score (nSPS) is 17.5. The largest absolute Gasteiger partial charge is 0.504 e. The molecule has 4 aromatic carbocycles. The summed E-state index contributed by atoms with van der Waals surface area (Å²) in [4.78, 5) is 0. The number of benzene rings is 4. The lowest BCUT2D eigenvalue weighted by Crippen LogP contribution is -2.31. The number of fused-ring (bicyclic) bond motifs is 2. The van der Waals surface area contributed by atoms with Crippen molar-refractivity contribution in [2.75, 3.05) is 34.4 Å². The Morgan fingerprint density at radius 1 is 0.605 bits per heavy atom. The van der Waals surface area contributed by atoms with Crippen LogP contribution in [0.1, 0.15) is 45.5 Å². The maximum absolute atomic E-state index is 10.6. The SMILES string of the molecule is COc1cc2c(cc1O)[C@@H](Cc1ccc(O)c(Oc3ccc(C[C@H]4NCCc5cc(OC)c(OC)cc54)cc3)c1)NCC2. The molecule has 8 heteroatoms. The van der Waals surface area contributed by atoms with Crippen LogP contribution in [-0.2, 0) is 25.7 Å². The van der Waals surface area contributed by atoms with Gasteiger partial charge in [0.2, 0.25) is 0 Å². The standard InChI is InChI=1S/C35H38N2O6/c1-40-32-17-23-10-12-37-29(26(23)19-31(32)39)15-22-6-9-30(38)33(16-22)43-25-7-4-21(5-8-25)14-28-27-20-35(42-3)34(41-2)18-24(27)11-13-36-28/h4-9,16-20,28-29,36-39H,10-15H2,1-3H3/t28-,29-/m1/s1. The number of methoxy groups -OCH3 is 3.